The molecule has 2 N–H and O–H groups in total. The molecule has 84 heavy (non-hydrogen) atoms. The molecule has 4 rings (SSSR count). The van der Waals surface area contributed by atoms with E-state index in [2.05, 4.69) is 48.2 Å². The summed E-state index contributed by atoms with van der Waals surface area (Å²) in [6.07, 6.45) is 14.4. The monoisotopic (exact) mass is 1160 g/mol. The second-order valence-electron chi connectivity index (χ2n) is 21.5. The fourth-order valence-corrected chi connectivity index (χ4v) is 9.45. The Morgan fingerprint density at radius 3 is 0.952 bits per heavy atom. The molecule has 4 unspecified atom stereocenters. The highest BCUT2D eigenvalue weighted by Gasteiger charge is 2.25. The molecule has 0 saturated carbocycles. The third-order valence-electron chi connectivity index (χ3n) is 15.4. The average Bonchev–Trinajstić information content (AvgIpc) is 2.42. The number of carbonyl (C=O) groups is 4. The Bertz CT molecular complexity index is 2860. The summed E-state index contributed by atoms with van der Waals surface area (Å²) in [7, 11) is 0. The molecule has 0 saturated heterocycles. The van der Waals surface area contributed by atoms with E-state index in [0.717, 1.165) is 112 Å². The zero-order valence-electron chi connectivity index (χ0n) is 50.9. The van der Waals surface area contributed by atoms with Gasteiger partial charge in [0.1, 0.15) is 23.3 Å². The standard InChI is InChI=1S/C64H86N8O12/c1-11-19-23-43(15-5)37-81-61(77)47-29-48(62(78)82-38-44(16-6)24-20-12-2)32-51(31-47)67-69-55-41(9)53(35-65)57(73)71(59(55)75)27-28-72-58(74)54(36-66)42(10)56(60(72)76)70-68-52-33-49(63(79)83-39-45(17-7)25-21-13-3)30-50(34-52)64(80)84-40-46(18-8)26-22-14-4/h29-34,43-46,73-74H,11-28,37-40H2,1-10H3. The lowest BCUT2D eigenvalue weighted by Gasteiger charge is -2.16. The first-order chi connectivity index (χ1) is 40.4. The topological polar surface area (TPSA) is 287 Å². The molecule has 20 nitrogen and oxygen atoms in total. The number of esters is 4. The maximum absolute atomic E-state index is 14.4. The quantitative estimate of drug-likeness (QED) is 0.0246. The van der Waals surface area contributed by atoms with Crippen molar-refractivity contribution in [1.82, 2.24) is 9.13 Å². The maximum Gasteiger partial charge on any atom is 0.338 e. The first kappa shape index (κ1) is 68.5. The van der Waals surface area contributed by atoms with Crippen molar-refractivity contribution in [3.63, 3.8) is 0 Å². The molecule has 0 aliphatic carbocycles. The lowest BCUT2D eigenvalue weighted by molar-refractivity contribution is 0.0409. The van der Waals surface area contributed by atoms with Crippen molar-refractivity contribution in [2.45, 2.75) is 185 Å². The summed E-state index contributed by atoms with van der Waals surface area (Å²) in [5, 5.41) is 60.2. The van der Waals surface area contributed by atoms with E-state index in [1.807, 2.05) is 39.8 Å². The van der Waals surface area contributed by atoms with E-state index in [-0.39, 0.29) is 106 Å². The van der Waals surface area contributed by atoms with E-state index in [4.69, 9.17) is 18.9 Å². The summed E-state index contributed by atoms with van der Waals surface area (Å²) in [6.45, 7) is 18.6. The van der Waals surface area contributed by atoms with Crippen LogP contribution in [0.15, 0.2) is 66.4 Å². The summed E-state index contributed by atoms with van der Waals surface area (Å²) < 4.78 is 24.4. The predicted molar refractivity (Wildman–Crippen MR) is 319 cm³/mol. The van der Waals surface area contributed by atoms with Crippen LogP contribution < -0.4 is 11.1 Å². The third kappa shape index (κ3) is 19.3. The van der Waals surface area contributed by atoms with Crippen molar-refractivity contribution in [2.24, 2.45) is 44.1 Å². The molecule has 0 amide bonds. The van der Waals surface area contributed by atoms with Gasteiger partial charge in [-0.05, 0) is 99.6 Å². The van der Waals surface area contributed by atoms with Gasteiger partial charge in [0, 0.05) is 24.2 Å². The molecule has 2 aromatic heterocycles. The molecule has 2 aromatic carbocycles. The summed E-state index contributed by atoms with van der Waals surface area (Å²) in [5.74, 6) is -3.96. The molecule has 0 spiro atoms. The van der Waals surface area contributed by atoms with Crippen LogP contribution in [0.25, 0.3) is 0 Å². The van der Waals surface area contributed by atoms with E-state index < -0.39 is 71.2 Å². The summed E-state index contributed by atoms with van der Waals surface area (Å²) >= 11 is 0. The summed E-state index contributed by atoms with van der Waals surface area (Å²) in [6, 6.07) is 11.8. The fourth-order valence-electron chi connectivity index (χ4n) is 9.45. The SMILES string of the molecule is CCCCC(CC)COC(=O)c1cc(N=Nc2c(C)c(C#N)c(O)n(CCn3c(O)c(C#N)c(C)c(N=Nc4cc(C(=O)OCC(CC)CCCC)cc(C(=O)OCC(CC)CCCC)c4)c3=O)c2=O)cc(C(=O)OCC(CC)CCCC)c1. The highest BCUT2D eigenvalue weighted by atomic mass is 16.5. The second kappa shape index (κ2) is 35.2. The van der Waals surface area contributed by atoms with Crippen molar-refractivity contribution < 1.29 is 48.3 Å². The van der Waals surface area contributed by atoms with Gasteiger partial charge in [0.25, 0.3) is 11.1 Å². The van der Waals surface area contributed by atoms with Gasteiger partial charge in [-0.25, -0.2) is 19.2 Å². The van der Waals surface area contributed by atoms with Gasteiger partial charge >= 0.3 is 23.9 Å². The molecule has 0 bridgehead atoms. The van der Waals surface area contributed by atoms with Crippen LogP contribution in [0.1, 0.15) is 222 Å². The highest BCUT2D eigenvalue weighted by molar-refractivity contribution is 5.97. The number of aromatic nitrogens is 2. The first-order valence-corrected chi connectivity index (χ1v) is 29.9. The number of nitrogens with zero attached hydrogens (tertiary/aromatic N) is 8. The zero-order valence-corrected chi connectivity index (χ0v) is 50.9. The number of hydrogen-bond donors (Lipinski definition) is 2. The lowest BCUT2D eigenvalue weighted by Crippen LogP contribution is -2.28. The molecule has 0 aliphatic heterocycles. The minimum Gasteiger partial charge on any atom is -0.493 e. The average molecular weight is 1160 g/mol. The normalized spacial score (nSPS) is 12.8. The molecule has 0 aliphatic rings. The predicted octanol–water partition coefficient (Wildman–Crippen LogP) is 14.8. The van der Waals surface area contributed by atoms with Crippen LogP contribution in [0.3, 0.4) is 0 Å². The van der Waals surface area contributed by atoms with Gasteiger partial charge in [-0.3, -0.25) is 18.7 Å². The molecule has 20 heteroatoms. The van der Waals surface area contributed by atoms with Crippen molar-refractivity contribution in [3.05, 3.63) is 102 Å². The number of hydrogen-bond acceptors (Lipinski definition) is 18. The zero-order chi connectivity index (χ0) is 61.9. The largest absolute Gasteiger partial charge is 0.493 e. The molecular weight excluding hydrogens is 1070 g/mol. The van der Waals surface area contributed by atoms with Crippen molar-refractivity contribution in [3.8, 4) is 23.9 Å². The Kier molecular flexibility index (Phi) is 28.7. The molecule has 0 fully saturated rings. The highest BCUT2D eigenvalue weighted by Crippen LogP contribution is 2.32. The number of ether oxygens (including phenoxy) is 4. The smallest absolute Gasteiger partial charge is 0.338 e. The Hall–Kier alpha value is -8.00. The van der Waals surface area contributed by atoms with E-state index in [9.17, 15) is 49.5 Å². The van der Waals surface area contributed by atoms with Gasteiger partial charge in [-0.15, -0.1) is 10.2 Å². The van der Waals surface area contributed by atoms with Gasteiger partial charge < -0.3 is 29.2 Å². The number of unbranched alkanes of at least 4 members (excludes halogenated alkanes) is 4. The molecular formula is C64H86N8O12. The molecule has 454 valence electrons. The van der Waals surface area contributed by atoms with E-state index in [1.165, 1.54) is 50.2 Å². The van der Waals surface area contributed by atoms with Crippen molar-refractivity contribution in [2.75, 3.05) is 26.4 Å². The van der Waals surface area contributed by atoms with E-state index in [0.29, 0.717) is 0 Å². The maximum atomic E-state index is 14.4. The fraction of sp³-hybridized carbons (Fsp3) is 0.562. The van der Waals surface area contributed by atoms with Gasteiger partial charge in [-0.2, -0.15) is 20.8 Å². The van der Waals surface area contributed by atoms with Crippen molar-refractivity contribution >= 4 is 46.6 Å². The second-order valence-corrected chi connectivity index (χ2v) is 21.5. The number of rotatable bonds is 35. The minimum absolute atomic E-state index is 0.0202. The summed E-state index contributed by atoms with van der Waals surface area (Å²) in [4.78, 5) is 83.1. The van der Waals surface area contributed by atoms with E-state index in [1.54, 1.807) is 0 Å². The molecule has 0 radical (unpaired) electrons. The Labute approximate surface area is 493 Å². The van der Waals surface area contributed by atoms with Crippen LogP contribution in [-0.2, 0) is 32.0 Å². The molecule has 4 aromatic rings. The van der Waals surface area contributed by atoms with E-state index >= 15 is 0 Å². The van der Waals surface area contributed by atoms with Crippen LogP contribution in [0.2, 0.25) is 0 Å². The van der Waals surface area contributed by atoms with Crippen LogP contribution in [0.5, 0.6) is 11.8 Å². The van der Waals surface area contributed by atoms with Crippen LogP contribution in [0, 0.1) is 60.2 Å². The van der Waals surface area contributed by atoms with Gasteiger partial charge in [-0.1, -0.05) is 132 Å². The number of benzene rings is 2. The number of aromatic hydroxyl groups is 2. The third-order valence-corrected chi connectivity index (χ3v) is 15.4. The van der Waals surface area contributed by atoms with Gasteiger partial charge in [0.2, 0.25) is 11.8 Å². The van der Waals surface area contributed by atoms with Crippen LogP contribution in [-0.4, -0.2) is 69.7 Å². The summed E-state index contributed by atoms with van der Waals surface area (Å²) in [5.41, 5.74) is -3.87. The number of azo groups is 2. The first-order valence-electron chi connectivity index (χ1n) is 29.9. The Morgan fingerprint density at radius 1 is 0.464 bits per heavy atom. The number of pyridine rings is 2. The van der Waals surface area contributed by atoms with Crippen LogP contribution in [0.4, 0.5) is 22.7 Å². The van der Waals surface area contributed by atoms with Crippen LogP contribution >= 0.6 is 0 Å². The molecule has 4 atom stereocenters. The number of carbonyl (C=O) groups excluding carboxylic acids is 4. The lowest BCUT2D eigenvalue weighted by atomic mass is 10.0. The van der Waals surface area contributed by atoms with Gasteiger partial charge in [0.05, 0.1) is 60.1 Å². The van der Waals surface area contributed by atoms with Crippen molar-refractivity contribution in [1.29, 1.82) is 10.5 Å². The Morgan fingerprint density at radius 2 is 0.726 bits per heavy atom. The number of nitriles is 2. The minimum atomic E-state index is -0.983. The molecule has 2 heterocycles. The van der Waals surface area contributed by atoms with Gasteiger partial charge in [0.15, 0.2) is 11.4 Å². The Balaban J connectivity index is 1.78.